The number of hydrogen-bond acceptors (Lipinski definition) is 4. The number of aromatic nitrogens is 1. The summed E-state index contributed by atoms with van der Waals surface area (Å²) < 4.78 is 13.0. The van der Waals surface area contributed by atoms with Crippen molar-refractivity contribution in [3.63, 3.8) is 0 Å². The minimum Gasteiger partial charge on any atom is -0.337 e. The van der Waals surface area contributed by atoms with Gasteiger partial charge in [-0.1, -0.05) is 6.07 Å². The Balaban J connectivity index is 1.44. The molecule has 2 aromatic rings. The van der Waals surface area contributed by atoms with Crippen molar-refractivity contribution in [2.45, 2.75) is 0 Å². The quantitative estimate of drug-likeness (QED) is 0.901. The number of carbonyl (C=O) groups excluding carboxylic acids is 2. The van der Waals surface area contributed by atoms with Crippen molar-refractivity contribution in [1.29, 1.82) is 0 Å². The summed E-state index contributed by atoms with van der Waals surface area (Å²) >= 11 is 0. The molecule has 2 saturated heterocycles. The van der Waals surface area contributed by atoms with E-state index in [0.717, 1.165) is 26.2 Å². The highest BCUT2D eigenvalue weighted by Crippen LogP contribution is 2.30. The molecule has 7 heteroatoms. The van der Waals surface area contributed by atoms with E-state index in [1.54, 1.807) is 18.2 Å². The van der Waals surface area contributed by atoms with Crippen molar-refractivity contribution < 1.29 is 14.0 Å². The molecule has 1 N–H and O–H groups in total. The van der Waals surface area contributed by atoms with Gasteiger partial charge in [-0.05, 0) is 55.3 Å². The predicted molar refractivity (Wildman–Crippen MR) is 99.0 cm³/mol. The van der Waals surface area contributed by atoms with Crippen molar-refractivity contribution in [2.24, 2.45) is 11.8 Å². The number of pyridine rings is 1. The monoisotopic (exact) mass is 368 g/mol. The molecule has 2 amide bonds. The van der Waals surface area contributed by atoms with Crippen molar-refractivity contribution >= 4 is 17.6 Å². The number of nitrogens with one attached hydrogen (secondary N) is 1. The van der Waals surface area contributed by atoms with Crippen LogP contribution in [0.15, 0.2) is 42.5 Å². The third-order valence-corrected chi connectivity index (χ3v) is 5.27. The molecule has 2 fully saturated rings. The molecule has 1 aromatic carbocycles. The number of likely N-dealkylation sites (tertiary alicyclic amines) is 2. The van der Waals surface area contributed by atoms with Crippen LogP contribution in [0.1, 0.15) is 20.8 Å². The molecule has 6 nitrogen and oxygen atoms in total. The van der Waals surface area contributed by atoms with Crippen LogP contribution in [0, 0.1) is 17.7 Å². The van der Waals surface area contributed by atoms with Crippen molar-refractivity contribution in [1.82, 2.24) is 14.8 Å². The minimum absolute atomic E-state index is 0.107. The summed E-state index contributed by atoms with van der Waals surface area (Å²) in [4.78, 5) is 33.5. The first kappa shape index (κ1) is 17.6. The Labute approximate surface area is 157 Å². The zero-order valence-corrected chi connectivity index (χ0v) is 15.1. The van der Waals surface area contributed by atoms with Crippen molar-refractivity contribution in [2.75, 3.05) is 38.5 Å². The lowest BCUT2D eigenvalue weighted by Crippen LogP contribution is -2.33. The lowest BCUT2D eigenvalue weighted by atomic mass is 10.0. The number of benzene rings is 1. The zero-order chi connectivity index (χ0) is 19.0. The van der Waals surface area contributed by atoms with Gasteiger partial charge in [0.1, 0.15) is 17.3 Å². The van der Waals surface area contributed by atoms with Gasteiger partial charge >= 0.3 is 0 Å². The SMILES string of the molecule is CN1CC2CN(C(=O)c3cccc(NC(=O)c4ccc(F)cc4)n3)CC2C1. The summed E-state index contributed by atoms with van der Waals surface area (Å²) in [5.41, 5.74) is 0.645. The smallest absolute Gasteiger partial charge is 0.272 e. The average molecular weight is 368 g/mol. The molecule has 0 aliphatic carbocycles. The summed E-state index contributed by atoms with van der Waals surface area (Å²) in [5, 5.41) is 2.66. The molecular weight excluding hydrogens is 347 g/mol. The fourth-order valence-electron chi connectivity index (χ4n) is 3.97. The second-order valence-corrected chi connectivity index (χ2v) is 7.32. The van der Waals surface area contributed by atoms with Crippen LogP contribution in [-0.2, 0) is 0 Å². The van der Waals surface area contributed by atoms with Crippen molar-refractivity contribution in [3.05, 3.63) is 59.5 Å². The molecule has 2 aliphatic heterocycles. The Morgan fingerprint density at radius 2 is 1.70 bits per heavy atom. The van der Waals surface area contributed by atoms with E-state index in [0.29, 0.717) is 28.9 Å². The largest absolute Gasteiger partial charge is 0.337 e. The summed E-state index contributed by atoms with van der Waals surface area (Å²) in [7, 11) is 2.11. The van der Waals surface area contributed by atoms with Crippen LogP contribution < -0.4 is 5.32 Å². The molecule has 140 valence electrons. The Hall–Kier alpha value is -2.80. The number of fused-ring (bicyclic) bond motifs is 1. The third kappa shape index (κ3) is 3.68. The van der Waals surface area contributed by atoms with Gasteiger partial charge in [0.15, 0.2) is 0 Å². The van der Waals surface area contributed by atoms with Gasteiger partial charge in [0, 0.05) is 31.7 Å². The van der Waals surface area contributed by atoms with Crippen LogP contribution >= 0.6 is 0 Å². The van der Waals surface area contributed by atoms with Crippen LogP contribution in [0.25, 0.3) is 0 Å². The molecule has 0 radical (unpaired) electrons. The first-order valence-corrected chi connectivity index (χ1v) is 9.01. The maximum atomic E-state index is 13.0. The Bertz CT molecular complexity index is 857. The maximum Gasteiger partial charge on any atom is 0.272 e. The van der Waals surface area contributed by atoms with Gasteiger partial charge in [0.2, 0.25) is 0 Å². The minimum atomic E-state index is -0.404. The molecule has 2 atom stereocenters. The molecule has 0 spiro atoms. The van der Waals surface area contributed by atoms with E-state index >= 15 is 0 Å². The highest BCUT2D eigenvalue weighted by molar-refractivity contribution is 6.04. The van der Waals surface area contributed by atoms with E-state index in [1.165, 1.54) is 24.3 Å². The number of halogens is 1. The number of anilines is 1. The number of hydrogen-bond donors (Lipinski definition) is 1. The van der Waals surface area contributed by atoms with Crippen LogP contribution in [0.2, 0.25) is 0 Å². The van der Waals surface area contributed by atoms with E-state index in [9.17, 15) is 14.0 Å². The molecule has 4 rings (SSSR count). The Morgan fingerprint density at radius 1 is 1.04 bits per heavy atom. The highest BCUT2D eigenvalue weighted by atomic mass is 19.1. The average Bonchev–Trinajstić information content (AvgIpc) is 3.19. The van der Waals surface area contributed by atoms with E-state index in [1.807, 2.05) is 4.90 Å². The zero-order valence-electron chi connectivity index (χ0n) is 15.1. The van der Waals surface area contributed by atoms with Gasteiger partial charge in [-0.2, -0.15) is 0 Å². The summed E-state index contributed by atoms with van der Waals surface area (Å²) in [6, 6.07) is 10.3. The van der Waals surface area contributed by atoms with Gasteiger partial charge in [-0.3, -0.25) is 9.59 Å². The van der Waals surface area contributed by atoms with Gasteiger partial charge in [0.25, 0.3) is 11.8 Å². The second-order valence-electron chi connectivity index (χ2n) is 7.32. The predicted octanol–water partition coefficient (Wildman–Crippen LogP) is 2.11. The summed E-state index contributed by atoms with van der Waals surface area (Å²) in [6.07, 6.45) is 0. The van der Waals surface area contributed by atoms with Crippen LogP contribution in [0.4, 0.5) is 10.2 Å². The molecule has 2 aliphatic rings. The number of nitrogens with zero attached hydrogens (tertiary/aromatic N) is 3. The number of amides is 2. The summed E-state index contributed by atoms with van der Waals surface area (Å²) in [6.45, 7) is 3.55. The van der Waals surface area contributed by atoms with E-state index in [2.05, 4.69) is 22.2 Å². The normalized spacial score (nSPS) is 21.9. The second kappa shape index (κ2) is 7.08. The topological polar surface area (TPSA) is 65.5 Å². The van der Waals surface area contributed by atoms with Crippen LogP contribution in [0.5, 0.6) is 0 Å². The first-order valence-electron chi connectivity index (χ1n) is 9.01. The molecule has 0 bridgehead atoms. The first-order chi connectivity index (χ1) is 13.0. The van der Waals surface area contributed by atoms with Crippen LogP contribution in [-0.4, -0.2) is 59.8 Å². The molecule has 1 aromatic heterocycles. The van der Waals surface area contributed by atoms with E-state index in [4.69, 9.17) is 0 Å². The van der Waals surface area contributed by atoms with Crippen molar-refractivity contribution in [3.8, 4) is 0 Å². The lowest BCUT2D eigenvalue weighted by Gasteiger charge is -2.19. The van der Waals surface area contributed by atoms with E-state index in [-0.39, 0.29) is 5.91 Å². The third-order valence-electron chi connectivity index (χ3n) is 5.27. The molecule has 0 saturated carbocycles. The fourth-order valence-corrected chi connectivity index (χ4v) is 3.97. The van der Waals surface area contributed by atoms with Gasteiger partial charge in [0.05, 0.1) is 0 Å². The Morgan fingerprint density at radius 3 is 2.37 bits per heavy atom. The van der Waals surface area contributed by atoms with Gasteiger partial charge < -0.3 is 15.1 Å². The highest BCUT2D eigenvalue weighted by Gasteiger charge is 2.40. The summed E-state index contributed by atoms with van der Waals surface area (Å²) in [5.74, 6) is 0.449. The Kier molecular flexibility index (Phi) is 4.61. The molecular formula is C20H21FN4O2. The van der Waals surface area contributed by atoms with Gasteiger partial charge in [-0.25, -0.2) is 9.37 Å². The van der Waals surface area contributed by atoms with Gasteiger partial charge in [-0.15, -0.1) is 0 Å². The lowest BCUT2D eigenvalue weighted by molar-refractivity contribution is 0.0770. The molecule has 3 heterocycles. The van der Waals surface area contributed by atoms with E-state index < -0.39 is 11.7 Å². The molecule has 2 unspecified atom stereocenters. The number of rotatable bonds is 3. The fraction of sp³-hybridized carbons (Fsp3) is 0.350. The maximum absolute atomic E-state index is 13.0. The standard InChI is InChI=1S/C20H21FN4O2/c1-24-9-14-11-25(12-15(14)10-24)20(27)17-3-2-4-18(22-17)23-19(26)13-5-7-16(21)8-6-13/h2-8,14-15H,9-12H2,1H3,(H,22,23,26). The number of carbonyl (C=O) groups is 2. The van der Waals surface area contributed by atoms with Crippen LogP contribution in [0.3, 0.4) is 0 Å². The molecule has 27 heavy (non-hydrogen) atoms.